The Morgan fingerprint density at radius 1 is 1.29 bits per heavy atom. The fourth-order valence-electron chi connectivity index (χ4n) is 2.00. The monoisotopic (exact) mass is 254 g/mol. The summed E-state index contributed by atoms with van der Waals surface area (Å²) in [6, 6.07) is 6.08. The smallest absolute Gasteiger partial charge is 0.0454 e. The topological polar surface area (TPSA) is 29.3 Å². The van der Waals surface area contributed by atoms with Crippen LogP contribution in [0.25, 0.3) is 0 Å². The van der Waals surface area contributed by atoms with Gasteiger partial charge in [0.25, 0.3) is 0 Å². The van der Waals surface area contributed by atoms with Crippen LogP contribution in [0.2, 0.25) is 5.02 Å². The molecular weight excluding hydrogens is 232 g/mol. The second-order valence-corrected chi connectivity index (χ2v) is 6.27. The third-order valence-corrected chi connectivity index (χ3v) is 2.89. The van der Waals surface area contributed by atoms with E-state index >= 15 is 0 Å². The summed E-state index contributed by atoms with van der Waals surface area (Å²) in [7, 11) is 2.12. The molecule has 1 aromatic rings. The molecule has 0 unspecified atom stereocenters. The van der Waals surface area contributed by atoms with Gasteiger partial charge in [-0.25, -0.2) is 0 Å². The predicted octanol–water partition coefficient (Wildman–Crippen LogP) is 3.28. The lowest BCUT2D eigenvalue weighted by molar-refractivity contribution is 0.221. The molecular formula is C14H23ClN2. The van der Waals surface area contributed by atoms with Gasteiger partial charge in [0.2, 0.25) is 0 Å². The zero-order valence-electron chi connectivity index (χ0n) is 11.3. The summed E-state index contributed by atoms with van der Waals surface area (Å²) in [4.78, 5) is 2.29. The molecule has 0 heterocycles. The molecule has 0 atom stereocenters. The molecule has 96 valence electrons. The highest BCUT2D eigenvalue weighted by atomic mass is 35.5. The van der Waals surface area contributed by atoms with Crippen LogP contribution in [0, 0.1) is 5.41 Å². The Balaban J connectivity index is 2.68. The minimum atomic E-state index is 0.304. The standard InChI is InChI=1S/C14H23ClN2/c1-14(2,3)10-17(4)9-12-6-5-11(8-16)7-13(12)15/h5-7H,8-10,16H2,1-4H3. The van der Waals surface area contributed by atoms with Crippen molar-refractivity contribution in [3.8, 4) is 0 Å². The number of rotatable bonds is 4. The summed E-state index contributed by atoms with van der Waals surface area (Å²) in [5.41, 5.74) is 8.13. The van der Waals surface area contributed by atoms with E-state index in [9.17, 15) is 0 Å². The molecule has 0 saturated heterocycles. The summed E-state index contributed by atoms with van der Waals surface area (Å²) in [5, 5.41) is 0.814. The van der Waals surface area contributed by atoms with Gasteiger partial charge in [0.15, 0.2) is 0 Å². The minimum absolute atomic E-state index is 0.304. The average molecular weight is 255 g/mol. The van der Waals surface area contributed by atoms with E-state index < -0.39 is 0 Å². The van der Waals surface area contributed by atoms with E-state index in [0.29, 0.717) is 12.0 Å². The van der Waals surface area contributed by atoms with Crippen LogP contribution in [-0.2, 0) is 13.1 Å². The molecule has 0 aliphatic rings. The Morgan fingerprint density at radius 2 is 1.94 bits per heavy atom. The van der Waals surface area contributed by atoms with Crippen molar-refractivity contribution in [1.82, 2.24) is 4.90 Å². The number of nitrogens with zero attached hydrogens (tertiary/aromatic N) is 1. The molecule has 0 radical (unpaired) electrons. The van der Waals surface area contributed by atoms with Crippen LogP contribution in [0.3, 0.4) is 0 Å². The second kappa shape index (κ2) is 5.85. The predicted molar refractivity (Wildman–Crippen MR) is 75.1 cm³/mol. The number of halogens is 1. The zero-order chi connectivity index (χ0) is 13.1. The number of hydrogen-bond donors (Lipinski definition) is 1. The van der Waals surface area contributed by atoms with Crippen molar-refractivity contribution in [2.24, 2.45) is 11.1 Å². The van der Waals surface area contributed by atoms with E-state index in [4.69, 9.17) is 17.3 Å². The molecule has 17 heavy (non-hydrogen) atoms. The van der Waals surface area contributed by atoms with Gasteiger partial charge in [-0.2, -0.15) is 0 Å². The average Bonchev–Trinajstić information content (AvgIpc) is 2.18. The van der Waals surface area contributed by atoms with E-state index in [1.165, 1.54) is 0 Å². The van der Waals surface area contributed by atoms with Gasteiger partial charge >= 0.3 is 0 Å². The van der Waals surface area contributed by atoms with E-state index in [1.807, 2.05) is 12.1 Å². The van der Waals surface area contributed by atoms with Crippen LogP contribution in [0.1, 0.15) is 31.9 Å². The first-order valence-corrected chi connectivity index (χ1v) is 6.35. The molecule has 0 aliphatic heterocycles. The molecule has 0 aliphatic carbocycles. The summed E-state index contributed by atoms with van der Waals surface area (Å²) in [5.74, 6) is 0. The van der Waals surface area contributed by atoms with Gasteiger partial charge in [0.1, 0.15) is 0 Å². The van der Waals surface area contributed by atoms with Gasteiger partial charge in [0, 0.05) is 24.7 Å². The van der Waals surface area contributed by atoms with Crippen LogP contribution in [0.5, 0.6) is 0 Å². The Hall–Kier alpha value is -0.570. The molecule has 1 aromatic carbocycles. The third-order valence-electron chi connectivity index (χ3n) is 2.54. The Morgan fingerprint density at radius 3 is 2.41 bits per heavy atom. The maximum atomic E-state index is 6.24. The minimum Gasteiger partial charge on any atom is -0.326 e. The SMILES string of the molecule is CN(Cc1ccc(CN)cc1Cl)CC(C)(C)C. The zero-order valence-corrected chi connectivity index (χ0v) is 12.0. The fourth-order valence-corrected chi connectivity index (χ4v) is 2.27. The molecule has 2 nitrogen and oxygen atoms in total. The van der Waals surface area contributed by atoms with E-state index in [1.54, 1.807) is 0 Å². The van der Waals surface area contributed by atoms with Crippen LogP contribution in [-0.4, -0.2) is 18.5 Å². The van der Waals surface area contributed by atoms with Crippen LogP contribution >= 0.6 is 11.6 Å². The molecule has 2 N–H and O–H groups in total. The van der Waals surface area contributed by atoms with E-state index in [0.717, 1.165) is 29.2 Å². The Kier molecular flexibility index (Phi) is 4.99. The Bertz CT molecular complexity index is 369. The molecule has 0 aromatic heterocycles. The molecule has 0 spiro atoms. The van der Waals surface area contributed by atoms with Crippen molar-refractivity contribution in [2.75, 3.05) is 13.6 Å². The molecule has 0 amide bonds. The molecule has 3 heteroatoms. The largest absolute Gasteiger partial charge is 0.326 e. The lowest BCUT2D eigenvalue weighted by Crippen LogP contribution is -2.28. The van der Waals surface area contributed by atoms with E-state index in [-0.39, 0.29) is 0 Å². The first-order chi connectivity index (χ1) is 7.81. The van der Waals surface area contributed by atoms with Gasteiger partial charge in [-0.3, -0.25) is 0 Å². The van der Waals surface area contributed by atoms with Gasteiger partial charge in [-0.1, -0.05) is 44.5 Å². The summed E-state index contributed by atoms with van der Waals surface area (Å²) >= 11 is 6.24. The lowest BCUT2D eigenvalue weighted by Gasteiger charge is -2.26. The first kappa shape index (κ1) is 14.5. The van der Waals surface area contributed by atoms with Crippen molar-refractivity contribution in [3.05, 3.63) is 34.3 Å². The normalized spacial score (nSPS) is 12.2. The van der Waals surface area contributed by atoms with Crippen LogP contribution in [0.15, 0.2) is 18.2 Å². The quantitative estimate of drug-likeness (QED) is 0.894. The van der Waals surface area contributed by atoms with Crippen LogP contribution < -0.4 is 5.73 Å². The maximum absolute atomic E-state index is 6.24. The molecule has 0 saturated carbocycles. The van der Waals surface area contributed by atoms with Gasteiger partial charge in [-0.05, 0) is 29.7 Å². The molecule has 0 fully saturated rings. The lowest BCUT2D eigenvalue weighted by atomic mass is 9.96. The van der Waals surface area contributed by atoms with Gasteiger partial charge in [-0.15, -0.1) is 0 Å². The van der Waals surface area contributed by atoms with Gasteiger partial charge in [0.05, 0.1) is 0 Å². The van der Waals surface area contributed by atoms with Crippen molar-refractivity contribution < 1.29 is 0 Å². The van der Waals surface area contributed by atoms with Crippen LogP contribution in [0.4, 0.5) is 0 Å². The fraction of sp³-hybridized carbons (Fsp3) is 0.571. The summed E-state index contributed by atoms with van der Waals surface area (Å²) < 4.78 is 0. The highest BCUT2D eigenvalue weighted by Crippen LogP contribution is 2.21. The number of benzene rings is 1. The molecule has 1 rings (SSSR count). The van der Waals surface area contributed by atoms with Crippen molar-refractivity contribution in [2.45, 2.75) is 33.9 Å². The first-order valence-electron chi connectivity index (χ1n) is 5.98. The Labute approximate surface area is 110 Å². The van der Waals surface area contributed by atoms with Crippen molar-refractivity contribution >= 4 is 11.6 Å². The number of nitrogens with two attached hydrogens (primary N) is 1. The highest BCUT2D eigenvalue weighted by Gasteiger charge is 2.14. The number of hydrogen-bond acceptors (Lipinski definition) is 2. The maximum Gasteiger partial charge on any atom is 0.0454 e. The summed E-state index contributed by atoms with van der Waals surface area (Å²) in [6.07, 6.45) is 0. The summed E-state index contributed by atoms with van der Waals surface area (Å²) in [6.45, 7) is 9.18. The van der Waals surface area contributed by atoms with Crippen molar-refractivity contribution in [1.29, 1.82) is 0 Å². The second-order valence-electron chi connectivity index (χ2n) is 5.86. The van der Waals surface area contributed by atoms with Gasteiger partial charge < -0.3 is 10.6 Å². The highest BCUT2D eigenvalue weighted by molar-refractivity contribution is 6.31. The van der Waals surface area contributed by atoms with Crippen molar-refractivity contribution in [3.63, 3.8) is 0 Å². The van der Waals surface area contributed by atoms with E-state index in [2.05, 4.69) is 38.8 Å². The third kappa shape index (κ3) is 5.07. The molecule has 0 bridgehead atoms.